The highest BCUT2D eigenvalue weighted by atomic mass is 19.4. The number of halogens is 6. The molecule has 3 aliphatic rings. The van der Waals surface area contributed by atoms with E-state index < -0.39 is 40.9 Å². The Kier molecular flexibility index (Phi) is 11.3. The maximum atomic E-state index is 17.3. The summed E-state index contributed by atoms with van der Waals surface area (Å²) in [6.07, 6.45) is 0.288. The number of esters is 1. The second kappa shape index (κ2) is 15.8. The molecule has 0 aliphatic carbocycles. The molecule has 2 aromatic carbocycles. The van der Waals surface area contributed by atoms with Crippen molar-refractivity contribution in [3.05, 3.63) is 88.5 Å². The molecule has 0 spiro atoms. The Hall–Kier alpha value is -4.62. The van der Waals surface area contributed by atoms with Gasteiger partial charge >= 0.3 is 12.1 Å². The van der Waals surface area contributed by atoms with Gasteiger partial charge in [0.25, 0.3) is 12.6 Å². The van der Waals surface area contributed by atoms with Crippen LogP contribution in [0.2, 0.25) is 0 Å². The van der Waals surface area contributed by atoms with Crippen LogP contribution in [0.5, 0.6) is 0 Å². The molecule has 3 aromatic rings. The molecule has 3 aliphatic heterocycles. The van der Waals surface area contributed by atoms with E-state index in [0.717, 1.165) is 24.3 Å². The standard InChI is InChI=1S/C37H41F6N7O3/c1-3-53-33(51)24-8-15-48(16-9-24)32-18-26(37(41,42)43)5-4-25(32)20-49-17-12-45-35(49)46-34(52)36(40)22-50(28-10-13-47(14-11-28)23-44-2)21-30(36)29-7-6-27(38)19-31(29)39/h4-7,12,17-19,24,28,30H,3,8-11,13-16,20-23H2,1H3,(H,45,46,52)/t30-,36-/m0/s1. The molecule has 0 saturated carbocycles. The number of carbonyl (C=O) groups excluding carboxylic acids is 2. The number of anilines is 2. The van der Waals surface area contributed by atoms with Crippen LogP contribution in [0.15, 0.2) is 48.8 Å². The number of ether oxygens (including phenoxy) is 1. The van der Waals surface area contributed by atoms with Crippen LogP contribution < -0.4 is 10.2 Å². The van der Waals surface area contributed by atoms with Gasteiger partial charge in [-0.15, -0.1) is 0 Å². The maximum absolute atomic E-state index is 17.3. The molecule has 3 fully saturated rings. The number of carbonyl (C=O) groups is 2. The molecule has 10 nitrogen and oxygen atoms in total. The minimum Gasteiger partial charge on any atom is -0.466 e. The van der Waals surface area contributed by atoms with E-state index >= 15 is 8.78 Å². The van der Waals surface area contributed by atoms with E-state index in [4.69, 9.17) is 11.3 Å². The number of likely N-dealkylation sites (tertiary alicyclic amines) is 2. The molecule has 0 radical (unpaired) electrons. The number of alkyl halides is 4. The zero-order valence-corrected chi connectivity index (χ0v) is 29.2. The first-order valence-corrected chi connectivity index (χ1v) is 17.7. The number of piperidine rings is 2. The molecule has 16 heteroatoms. The van der Waals surface area contributed by atoms with E-state index in [9.17, 15) is 27.2 Å². The zero-order valence-electron chi connectivity index (χ0n) is 29.2. The third-order valence-corrected chi connectivity index (χ3v) is 10.6. The zero-order chi connectivity index (χ0) is 37.9. The Labute approximate surface area is 303 Å². The van der Waals surface area contributed by atoms with Gasteiger partial charge in [-0.1, -0.05) is 12.1 Å². The van der Waals surface area contributed by atoms with Crippen molar-refractivity contribution in [2.24, 2.45) is 5.92 Å². The Morgan fingerprint density at radius 1 is 1.06 bits per heavy atom. The molecule has 284 valence electrons. The monoisotopic (exact) mass is 745 g/mol. The summed E-state index contributed by atoms with van der Waals surface area (Å²) in [5.74, 6) is -4.94. The quantitative estimate of drug-likeness (QED) is 0.153. The number of nitrogens with one attached hydrogen (secondary N) is 1. The van der Waals surface area contributed by atoms with Crippen LogP contribution in [-0.2, 0) is 27.0 Å². The van der Waals surface area contributed by atoms with Gasteiger partial charge in [-0.3, -0.25) is 24.7 Å². The van der Waals surface area contributed by atoms with E-state index in [2.05, 4.69) is 15.1 Å². The molecule has 1 amide bonds. The van der Waals surface area contributed by atoms with Gasteiger partial charge in [-0.25, -0.2) is 29.6 Å². The second-order valence-corrected chi connectivity index (χ2v) is 13.8. The number of amides is 1. The molecule has 3 saturated heterocycles. The fourth-order valence-electron chi connectivity index (χ4n) is 7.75. The van der Waals surface area contributed by atoms with E-state index in [-0.39, 0.29) is 62.4 Å². The summed E-state index contributed by atoms with van der Waals surface area (Å²) < 4.78 is 94.6. The predicted molar refractivity (Wildman–Crippen MR) is 184 cm³/mol. The van der Waals surface area contributed by atoms with E-state index in [1.54, 1.807) is 11.8 Å². The van der Waals surface area contributed by atoms with Gasteiger partial charge in [-0.05, 0) is 61.9 Å². The normalized spacial score (nSPS) is 22.2. The van der Waals surface area contributed by atoms with Gasteiger partial charge in [0.05, 0.1) is 24.6 Å². The fourth-order valence-corrected chi connectivity index (χ4v) is 7.75. The van der Waals surface area contributed by atoms with Crippen molar-refractivity contribution in [1.29, 1.82) is 0 Å². The number of nitrogens with zero attached hydrogens (tertiary/aromatic N) is 6. The van der Waals surface area contributed by atoms with Crippen molar-refractivity contribution in [2.75, 3.05) is 62.8 Å². The SMILES string of the molecule is [C-]#[N+]CN1CCC(N2C[C@@H](c3ccc(F)cc3F)[C@](F)(C(=O)Nc3nccn3Cc3ccc(C(F)(F)F)cc3N3CCC(C(=O)OCC)CC3)C2)CC1. The Morgan fingerprint density at radius 3 is 2.45 bits per heavy atom. The average Bonchev–Trinajstić information content (AvgIpc) is 3.72. The summed E-state index contributed by atoms with van der Waals surface area (Å²) >= 11 is 0. The molecule has 0 unspecified atom stereocenters. The number of imidazole rings is 1. The van der Waals surface area contributed by atoms with E-state index in [0.29, 0.717) is 69.2 Å². The molecule has 1 aromatic heterocycles. The van der Waals surface area contributed by atoms with E-state index in [1.807, 2.05) is 9.80 Å². The number of aromatic nitrogens is 2. The first-order chi connectivity index (χ1) is 25.3. The lowest BCUT2D eigenvalue weighted by Gasteiger charge is -2.34. The van der Waals surface area contributed by atoms with Crippen molar-refractivity contribution >= 4 is 23.5 Å². The number of hydrogen-bond donors (Lipinski definition) is 1. The van der Waals surface area contributed by atoms with Crippen LogP contribution in [0, 0.1) is 24.1 Å². The topological polar surface area (TPSA) is 87.3 Å². The Balaban J connectivity index is 1.24. The highest BCUT2D eigenvalue weighted by molar-refractivity contribution is 5.97. The van der Waals surface area contributed by atoms with Crippen molar-refractivity contribution < 1.29 is 40.7 Å². The first kappa shape index (κ1) is 38.1. The van der Waals surface area contributed by atoms with E-state index in [1.165, 1.54) is 23.0 Å². The lowest BCUT2D eigenvalue weighted by molar-refractivity contribution is -0.148. The minimum atomic E-state index is -4.61. The summed E-state index contributed by atoms with van der Waals surface area (Å²) in [4.78, 5) is 39.5. The molecule has 6 rings (SSSR count). The molecular formula is C37H41F6N7O3. The number of hydrogen-bond acceptors (Lipinski definition) is 7. The first-order valence-electron chi connectivity index (χ1n) is 17.7. The van der Waals surface area contributed by atoms with Gasteiger partial charge in [0.2, 0.25) is 11.6 Å². The predicted octanol–water partition coefficient (Wildman–Crippen LogP) is 6.10. The molecular weight excluding hydrogens is 704 g/mol. The van der Waals surface area contributed by atoms with Crippen LogP contribution >= 0.6 is 0 Å². The van der Waals surface area contributed by atoms with Gasteiger partial charge in [0, 0.05) is 75.4 Å². The van der Waals surface area contributed by atoms with Crippen LogP contribution in [0.1, 0.15) is 55.2 Å². The summed E-state index contributed by atoms with van der Waals surface area (Å²) in [6.45, 7) is 10.8. The van der Waals surface area contributed by atoms with Gasteiger partial charge in [-0.2, -0.15) is 13.2 Å². The van der Waals surface area contributed by atoms with Crippen LogP contribution in [-0.4, -0.2) is 95.5 Å². The smallest absolute Gasteiger partial charge is 0.416 e. The lowest BCUT2D eigenvalue weighted by atomic mass is 9.85. The molecule has 0 bridgehead atoms. The molecule has 4 heterocycles. The molecule has 1 N–H and O–H groups in total. The van der Waals surface area contributed by atoms with Gasteiger partial charge in [0.15, 0.2) is 0 Å². The van der Waals surface area contributed by atoms with Crippen molar-refractivity contribution in [3.8, 4) is 0 Å². The Morgan fingerprint density at radius 2 is 1.79 bits per heavy atom. The van der Waals surface area contributed by atoms with Crippen molar-refractivity contribution in [1.82, 2.24) is 19.4 Å². The lowest BCUT2D eigenvalue weighted by Crippen LogP contribution is -2.48. The van der Waals surface area contributed by atoms with Crippen LogP contribution in [0.4, 0.5) is 38.0 Å². The van der Waals surface area contributed by atoms with Gasteiger partial charge in [0.1, 0.15) is 11.6 Å². The van der Waals surface area contributed by atoms with Crippen LogP contribution in [0.3, 0.4) is 0 Å². The second-order valence-electron chi connectivity index (χ2n) is 13.8. The summed E-state index contributed by atoms with van der Waals surface area (Å²) in [7, 11) is 0. The summed E-state index contributed by atoms with van der Waals surface area (Å²) in [5, 5.41) is 2.56. The average molecular weight is 746 g/mol. The maximum Gasteiger partial charge on any atom is 0.416 e. The van der Waals surface area contributed by atoms with Crippen molar-refractivity contribution in [2.45, 2.75) is 63.0 Å². The highest BCUT2D eigenvalue weighted by Crippen LogP contribution is 2.43. The summed E-state index contributed by atoms with van der Waals surface area (Å²) in [6, 6.07) is 6.09. The van der Waals surface area contributed by atoms with Crippen LogP contribution in [0.25, 0.3) is 4.85 Å². The van der Waals surface area contributed by atoms with Crippen molar-refractivity contribution in [3.63, 3.8) is 0 Å². The third kappa shape index (κ3) is 8.31. The minimum absolute atomic E-state index is 0.00380. The molecule has 2 atom stereocenters. The highest BCUT2D eigenvalue weighted by Gasteiger charge is 2.56. The number of rotatable bonds is 10. The molecule has 53 heavy (non-hydrogen) atoms. The third-order valence-electron chi connectivity index (χ3n) is 10.6. The fraction of sp³-hybridized carbons (Fsp3) is 0.514. The Bertz CT molecular complexity index is 1830. The number of benzene rings is 2. The summed E-state index contributed by atoms with van der Waals surface area (Å²) in [5.41, 5.74) is -2.87. The largest absolute Gasteiger partial charge is 0.466 e. The van der Waals surface area contributed by atoms with Gasteiger partial charge < -0.3 is 14.2 Å².